The molecule has 4 heterocycles. The molecular formula is C22H25N5O. The molecule has 5 rings (SSSR count). The van der Waals surface area contributed by atoms with Crippen molar-refractivity contribution in [2.24, 2.45) is 0 Å². The summed E-state index contributed by atoms with van der Waals surface area (Å²) in [6.45, 7) is 4.72. The number of fused-ring (bicyclic) bond motifs is 1. The minimum absolute atomic E-state index is 0.121. The van der Waals surface area contributed by atoms with Gasteiger partial charge in [-0.3, -0.25) is 14.1 Å². The standard InChI is InChI=1S/C22H25N5O/c28-22(26-11-4-5-12-26)19-8-9-20-23-24-21(27(20)16-19)18-10-13-25(15-18)14-17-6-2-1-3-7-17/h1-3,6-9,16,18H,4-5,10-15H2. The second kappa shape index (κ2) is 7.36. The quantitative estimate of drug-likeness (QED) is 0.704. The Labute approximate surface area is 164 Å². The Morgan fingerprint density at radius 3 is 2.64 bits per heavy atom. The molecule has 0 radical (unpaired) electrons. The molecule has 1 amide bonds. The average Bonchev–Trinajstić information content (AvgIpc) is 3.48. The van der Waals surface area contributed by atoms with Gasteiger partial charge in [-0.15, -0.1) is 10.2 Å². The van der Waals surface area contributed by atoms with Crippen LogP contribution in [0.2, 0.25) is 0 Å². The van der Waals surface area contributed by atoms with Gasteiger partial charge in [-0.25, -0.2) is 0 Å². The van der Waals surface area contributed by atoms with Gasteiger partial charge in [-0.1, -0.05) is 30.3 Å². The lowest BCUT2D eigenvalue weighted by Crippen LogP contribution is -2.27. The Hall–Kier alpha value is -2.73. The van der Waals surface area contributed by atoms with E-state index in [1.165, 1.54) is 5.56 Å². The predicted octanol–water partition coefficient (Wildman–Crippen LogP) is 2.95. The first-order valence-corrected chi connectivity index (χ1v) is 10.2. The fraction of sp³-hybridized carbons (Fsp3) is 0.409. The largest absolute Gasteiger partial charge is 0.339 e. The SMILES string of the molecule is O=C(c1ccc2nnc(C3CCN(Cc4ccccc4)C3)n2c1)N1CCCC1. The number of hydrogen-bond acceptors (Lipinski definition) is 4. The molecular weight excluding hydrogens is 350 g/mol. The van der Waals surface area contributed by atoms with Gasteiger partial charge >= 0.3 is 0 Å². The molecule has 1 aromatic carbocycles. The van der Waals surface area contributed by atoms with Crippen LogP contribution in [0.15, 0.2) is 48.7 Å². The molecule has 144 valence electrons. The molecule has 2 saturated heterocycles. The molecule has 3 aromatic rings. The minimum atomic E-state index is 0.121. The van der Waals surface area contributed by atoms with Crippen molar-refractivity contribution in [1.82, 2.24) is 24.4 Å². The van der Waals surface area contributed by atoms with Crippen LogP contribution in [-0.4, -0.2) is 56.5 Å². The first-order valence-electron chi connectivity index (χ1n) is 10.2. The predicted molar refractivity (Wildman–Crippen MR) is 107 cm³/mol. The lowest BCUT2D eigenvalue weighted by Gasteiger charge is -2.16. The summed E-state index contributed by atoms with van der Waals surface area (Å²) in [6.07, 6.45) is 5.21. The number of aromatic nitrogens is 3. The van der Waals surface area contributed by atoms with Gasteiger partial charge in [0, 0.05) is 38.3 Å². The molecule has 6 nitrogen and oxygen atoms in total. The summed E-state index contributed by atoms with van der Waals surface area (Å²) >= 11 is 0. The summed E-state index contributed by atoms with van der Waals surface area (Å²) in [6, 6.07) is 14.4. The van der Waals surface area contributed by atoms with E-state index in [1.807, 2.05) is 27.6 Å². The third-order valence-electron chi connectivity index (χ3n) is 5.96. The average molecular weight is 375 g/mol. The highest BCUT2D eigenvalue weighted by Gasteiger charge is 2.28. The lowest BCUT2D eigenvalue weighted by atomic mass is 10.1. The summed E-state index contributed by atoms with van der Waals surface area (Å²) < 4.78 is 2.03. The summed E-state index contributed by atoms with van der Waals surface area (Å²) in [4.78, 5) is 17.2. The highest BCUT2D eigenvalue weighted by molar-refractivity contribution is 5.94. The number of benzene rings is 1. The molecule has 1 unspecified atom stereocenters. The number of likely N-dealkylation sites (tertiary alicyclic amines) is 2. The monoisotopic (exact) mass is 375 g/mol. The third kappa shape index (κ3) is 3.29. The Balaban J connectivity index is 1.36. The van der Waals surface area contributed by atoms with Crippen molar-refractivity contribution in [2.45, 2.75) is 31.7 Å². The molecule has 0 spiro atoms. The molecule has 28 heavy (non-hydrogen) atoms. The van der Waals surface area contributed by atoms with Crippen LogP contribution in [-0.2, 0) is 6.54 Å². The smallest absolute Gasteiger partial charge is 0.255 e. The number of carbonyl (C=O) groups excluding carboxylic acids is 1. The molecule has 6 heteroatoms. The van der Waals surface area contributed by atoms with Crippen LogP contribution in [0.1, 0.15) is 46.9 Å². The fourth-order valence-electron chi connectivity index (χ4n) is 4.44. The van der Waals surface area contributed by atoms with E-state index in [1.54, 1.807) is 0 Å². The third-order valence-corrected chi connectivity index (χ3v) is 5.96. The number of hydrogen-bond donors (Lipinski definition) is 0. The van der Waals surface area contributed by atoms with Crippen molar-refractivity contribution >= 4 is 11.6 Å². The molecule has 2 aromatic heterocycles. The van der Waals surface area contributed by atoms with E-state index >= 15 is 0 Å². The second-order valence-corrected chi connectivity index (χ2v) is 7.91. The maximum Gasteiger partial charge on any atom is 0.255 e. The molecule has 2 aliphatic heterocycles. The van der Waals surface area contributed by atoms with Crippen LogP contribution in [0.4, 0.5) is 0 Å². The van der Waals surface area contributed by atoms with Gasteiger partial charge in [0.2, 0.25) is 0 Å². The molecule has 0 bridgehead atoms. The fourth-order valence-corrected chi connectivity index (χ4v) is 4.44. The first kappa shape index (κ1) is 17.4. The highest BCUT2D eigenvalue weighted by atomic mass is 16.2. The maximum atomic E-state index is 12.8. The van der Waals surface area contributed by atoms with E-state index in [-0.39, 0.29) is 5.91 Å². The number of carbonyl (C=O) groups is 1. The van der Waals surface area contributed by atoms with Crippen LogP contribution < -0.4 is 0 Å². The topological polar surface area (TPSA) is 53.7 Å². The number of pyridine rings is 1. The molecule has 1 atom stereocenters. The number of amides is 1. The second-order valence-electron chi connectivity index (χ2n) is 7.91. The zero-order chi connectivity index (χ0) is 18.9. The van der Waals surface area contributed by atoms with Crippen molar-refractivity contribution in [3.8, 4) is 0 Å². The zero-order valence-electron chi connectivity index (χ0n) is 16.0. The van der Waals surface area contributed by atoms with E-state index in [4.69, 9.17) is 0 Å². The van der Waals surface area contributed by atoms with Crippen LogP contribution in [0, 0.1) is 0 Å². The van der Waals surface area contributed by atoms with Crippen LogP contribution in [0.5, 0.6) is 0 Å². The molecule has 0 saturated carbocycles. The molecule has 2 aliphatic rings. The van der Waals surface area contributed by atoms with Gasteiger partial charge in [0.15, 0.2) is 5.65 Å². The number of rotatable bonds is 4. The van der Waals surface area contributed by atoms with Gasteiger partial charge in [0.25, 0.3) is 5.91 Å². The molecule has 2 fully saturated rings. The van der Waals surface area contributed by atoms with Gasteiger partial charge in [0.1, 0.15) is 5.82 Å². The van der Waals surface area contributed by atoms with Crippen molar-refractivity contribution in [3.63, 3.8) is 0 Å². The summed E-state index contributed by atoms with van der Waals surface area (Å²) in [7, 11) is 0. The Morgan fingerprint density at radius 2 is 1.82 bits per heavy atom. The Bertz CT molecular complexity index is 977. The first-order chi connectivity index (χ1) is 13.8. The summed E-state index contributed by atoms with van der Waals surface area (Å²) in [5, 5.41) is 8.82. The van der Waals surface area contributed by atoms with Crippen LogP contribution in [0.25, 0.3) is 5.65 Å². The Morgan fingerprint density at radius 1 is 1.00 bits per heavy atom. The van der Waals surface area contributed by atoms with Crippen molar-refractivity contribution in [1.29, 1.82) is 0 Å². The Kier molecular flexibility index (Phi) is 4.56. The lowest BCUT2D eigenvalue weighted by molar-refractivity contribution is 0.0792. The van der Waals surface area contributed by atoms with Crippen molar-refractivity contribution in [3.05, 3.63) is 65.6 Å². The van der Waals surface area contributed by atoms with E-state index < -0.39 is 0 Å². The van der Waals surface area contributed by atoms with Gasteiger partial charge < -0.3 is 4.90 Å². The zero-order valence-corrected chi connectivity index (χ0v) is 16.0. The summed E-state index contributed by atoms with van der Waals surface area (Å²) in [5.41, 5.74) is 2.89. The van der Waals surface area contributed by atoms with E-state index in [9.17, 15) is 4.79 Å². The molecule has 0 aliphatic carbocycles. The van der Waals surface area contributed by atoms with Crippen LogP contribution >= 0.6 is 0 Å². The van der Waals surface area contributed by atoms with Gasteiger partial charge in [-0.2, -0.15) is 0 Å². The van der Waals surface area contributed by atoms with Gasteiger partial charge in [-0.05, 0) is 43.5 Å². The highest BCUT2D eigenvalue weighted by Crippen LogP contribution is 2.28. The van der Waals surface area contributed by atoms with Crippen molar-refractivity contribution < 1.29 is 4.79 Å². The van der Waals surface area contributed by atoms with E-state index in [2.05, 4.69) is 45.4 Å². The van der Waals surface area contributed by atoms with E-state index in [0.717, 1.165) is 69.0 Å². The van der Waals surface area contributed by atoms with Crippen molar-refractivity contribution in [2.75, 3.05) is 26.2 Å². The number of nitrogens with zero attached hydrogens (tertiary/aromatic N) is 5. The van der Waals surface area contributed by atoms with Gasteiger partial charge in [0.05, 0.1) is 5.56 Å². The summed E-state index contributed by atoms with van der Waals surface area (Å²) in [5.74, 6) is 1.44. The normalized spacial score (nSPS) is 20.3. The maximum absolute atomic E-state index is 12.8. The van der Waals surface area contributed by atoms with Crippen LogP contribution in [0.3, 0.4) is 0 Å². The molecule has 0 N–H and O–H groups in total. The minimum Gasteiger partial charge on any atom is -0.339 e. The van der Waals surface area contributed by atoms with E-state index in [0.29, 0.717) is 5.92 Å².